The van der Waals surface area contributed by atoms with Crippen molar-refractivity contribution >= 4 is 27.5 Å². The number of methoxy groups -OCH3 is 2. The summed E-state index contributed by atoms with van der Waals surface area (Å²) < 4.78 is 11.0. The largest absolute Gasteiger partial charge is 0.493 e. The Hall–Kier alpha value is -2.08. The topological polar surface area (TPSA) is 60.5 Å². The third-order valence-electron chi connectivity index (χ3n) is 2.85. The monoisotopic (exact) mass is 350 g/mol. The molecule has 1 aromatic heterocycles. The first-order chi connectivity index (χ1) is 10.1. The number of aromatic nitrogens is 1. The third kappa shape index (κ3) is 3.95. The van der Waals surface area contributed by atoms with Crippen molar-refractivity contribution in [3.05, 3.63) is 46.7 Å². The van der Waals surface area contributed by atoms with Crippen LogP contribution in [0.1, 0.15) is 5.56 Å². The molecule has 0 aliphatic rings. The number of halogens is 1. The number of carbonyl (C=O) groups is 1. The molecular formula is C15H15BrN2O3. The Balaban J connectivity index is 2.08. The molecule has 1 amide bonds. The second-order valence-corrected chi connectivity index (χ2v) is 5.01. The summed E-state index contributed by atoms with van der Waals surface area (Å²) in [6, 6.07) is 8.94. The standard InChI is InChI=1S/C15H15BrN2O3/c1-20-12-6-5-10(8-13(12)21-2)9-14(19)18-11-4-3-7-17-15(11)16/h3-8H,9H2,1-2H3,(H,18,19). The maximum Gasteiger partial charge on any atom is 0.228 e. The average molecular weight is 351 g/mol. The lowest BCUT2D eigenvalue weighted by Gasteiger charge is -2.10. The molecule has 2 aromatic rings. The molecule has 110 valence electrons. The summed E-state index contributed by atoms with van der Waals surface area (Å²) in [5, 5.41) is 2.80. The molecule has 5 nitrogen and oxygen atoms in total. The van der Waals surface area contributed by atoms with Gasteiger partial charge < -0.3 is 14.8 Å². The number of ether oxygens (including phenoxy) is 2. The lowest BCUT2D eigenvalue weighted by molar-refractivity contribution is -0.115. The molecule has 0 fully saturated rings. The zero-order valence-electron chi connectivity index (χ0n) is 11.7. The second-order valence-electron chi connectivity index (χ2n) is 4.26. The van der Waals surface area contributed by atoms with Crippen molar-refractivity contribution in [3.63, 3.8) is 0 Å². The van der Waals surface area contributed by atoms with Crippen molar-refractivity contribution in [2.24, 2.45) is 0 Å². The van der Waals surface area contributed by atoms with E-state index in [-0.39, 0.29) is 12.3 Å². The Morgan fingerprint density at radius 1 is 1.24 bits per heavy atom. The molecular weight excluding hydrogens is 336 g/mol. The van der Waals surface area contributed by atoms with Gasteiger partial charge in [-0.1, -0.05) is 6.07 Å². The Morgan fingerprint density at radius 2 is 2.00 bits per heavy atom. The minimum Gasteiger partial charge on any atom is -0.493 e. The average Bonchev–Trinajstić information content (AvgIpc) is 2.49. The minimum atomic E-state index is -0.129. The second kappa shape index (κ2) is 7.08. The molecule has 1 N–H and O–H groups in total. The first-order valence-electron chi connectivity index (χ1n) is 6.25. The van der Waals surface area contributed by atoms with E-state index in [1.54, 1.807) is 44.7 Å². The first kappa shape index (κ1) is 15.3. The number of hydrogen-bond acceptors (Lipinski definition) is 4. The normalized spacial score (nSPS) is 10.0. The maximum atomic E-state index is 12.1. The number of nitrogens with one attached hydrogen (secondary N) is 1. The van der Waals surface area contributed by atoms with Gasteiger partial charge in [-0.25, -0.2) is 4.98 Å². The summed E-state index contributed by atoms with van der Waals surface area (Å²) in [5.74, 6) is 1.11. The number of carbonyl (C=O) groups excluding carboxylic acids is 1. The van der Waals surface area contributed by atoms with Gasteiger partial charge in [0.1, 0.15) is 4.60 Å². The van der Waals surface area contributed by atoms with Crippen LogP contribution in [-0.4, -0.2) is 25.1 Å². The van der Waals surface area contributed by atoms with Crippen molar-refractivity contribution in [2.75, 3.05) is 19.5 Å². The molecule has 2 rings (SSSR count). The summed E-state index contributed by atoms with van der Waals surface area (Å²) in [5.41, 5.74) is 1.48. The molecule has 21 heavy (non-hydrogen) atoms. The van der Waals surface area contributed by atoms with E-state index in [1.165, 1.54) is 0 Å². The summed E-state index contributed by atoms with van der Waals surface area (Å²) in [6.45, 7) is 0. The van der Waals surface area contributed by atoms with Crippen molar-refractivity contribution in [1.82, 2.24) is 4.98 Å². The highest BCUT2D eigenvalue weighted by molar-refractivity contribution is 9.10. The van der Waals surface area contributed by atoms with Crippen LogP contribution in [-0.2, 0) is 11.2 Å². The summed E-state index contributed by atoms with van der Waals surface area (Å²) in [7, 11) is 3.14. The Labute approximate surface area is 131 Å². The van der Waals surface area contributed by atoms with Crippen LogP contribution in [0.15, 0.2) is 41.1 Å². The van der Waals surface area contributed by atoms with Gasteiger partial charge in [-0.15, -0.1) is 0 Å². The fourth-order valence-corrected chi connectivity index (χ4v) is 2.20. The van der Waals surface area contributed by atoms with Gasteiger partial charge in [0.25, 0.3) is 0 Å². The molecule has 0 saturated carbocycles. The van der Waals surface area contributed by atoms with E-state index in [0.717, 1.165) is 5.56 Å². The van der Waals surface area contributed by atoms with Gasteiger partial charge in [-0.2, -0.15) is 0 Å². The van der Waals surface area contributed by atoms with Gasteiger partial charge in [0, 0.05) is 6.20 Å². The molecule has 0 bridgehead atoms. The number of hydrogen-bond donors (Lipinski definition) is 1. The number of rotatable bonds is 5. The molecule has 1 heterocycles. The molecule has 6 heteroatoms. The van der Waals surface area contributed by atoms with E-state index >= 15 is 0 Å². The summed E-state index contributed by atoms with van der Waals surface area (Å²) in [6.07, 6.45) is 1.88. The van der Waals surface area contributed by atoms with Crippen LogP contribution in [0.2, 0.25) is 0 Å². The Morgan fingerprint density at radius 3 is 2.67 bits per heavy atom. The molecule has 0 atom stereocenters. The maximum absolute atomic E-state index is 12.1. The Kier molecular flexibility index (Phi) is 5.16. The zero-order valence-corrected chi connectivity index (χ0v) is 13.3. The minimum absolute atomic E-state index is 0.129. The SMILES string of the molecule is COc1ccc(CC(=O)Nc2cccnc2Br)cc1OC. The van der Waals surface area contributed by atoms with E-state index in [4.69, 9.17) is 9.47 Å². The molecule has 0 aliphatic heterocycles. The quantitative estimate of drug-likeness (QED) is 0.842. The fraction of sp³-hybridized carbons (Fsp3) is 0.200. The van der Waals surface area contributed by atoms with Gasteiger partial charge in [0.15, 0.2) is 11.5 Å². The van der Waals surface area contributed by atoms with Gasteiger partial charge in [0.05, 0.1) is 26.3 Å². The summed E-state index contributed by atoms with van der Waals surface area (Å²) in [4.78, 5) is 16.1. The smallest absolute Gasteiger partial charge is 0.228 e. The van der Waals surface area contributed by atoms with E-state index in [1.807, 2.05) is 6.07 Å². The van der Waals surface area contributed by atoms with Crippen LogP contribution in [0.4, 0.5) is 5.69 Å². The third-order valence-corrected chi connectivity index (χ3v) is 3.48. The molecule has 0 spiro atoms. The lowest BCUT2D eigenvalue weighted by atomic mass is 10.1. The fourth-order valence-electron chi connectivity index (χ4n) is 1.85. The predicted octanol–water partition coefficient (Wildman–Crippen LogP) is 3.04. The number of anilines is 1. The first-order valence-corrected chi connectivity index (χ1v) is 7.04. The number of pyridine rings is 1. The van der Waals surface area contributed by atoms with Crippen LogP contribution >= 0.6 is 15.9 Å². The number of benzene rings is 1. The van der Waals surface area contributed by atoms with Gasteiger partial charge in [0.2, 0.25) is 5.91 Å². The highest BCUT2D eigenvalue weighted by atomic mass is 79.9. The van der Waals surface area contributed by atoms with Crippen molar-refractivity contribution in [3.8, 4) is 11.5 Å². The van der Waals surface area contributed by atoms with Gasteiger partial charge >= 0.3 is 0 Å². The predicted molar refractivity (Wildman–Crippen MR) is 83.8 cm³/mol. The van der Waals surface area contributed by atoms with E-state index in [9.17, 15) is 4.79 Å². The molecule has 0 aliphatic carbocycles. The van der Waals surface area contributed by atoms with Crippen LogP contribution in [0, 0.1) is 0 Å². The van der Waals surface area contributed by atoms with Crippen LogP contribution < -0.4 is 14.8 Å². The molecule has 0 radical (unpaired) electrons. The van der Waals surface area contributed by atoms with Crippen molar-refractivity contribution in [2.45, 2.75) is 6.42 Å². The number of nitrogens with zero attached hydrogens (tertiary/aromatic N) is 1. The van der Waals surface area contributed by atoms with Gasteiger partial charge in [-0.05, 0) is 45.8 Å². The Bertz CT molecular complexity index is 647. The van der Waals surface area contributed by atoms with Crippen LogP contribution in [0.5, 0.6) is 11.5 Å². The van der Waals surface area contributed by atoms with E-state index in [0.29, 0.717) is 21.8 Å². The van der Waals surface area contributed by atoms with Crippen molar-refractivity contribution in [1.29, 1.82) is 0 Å². The lowest BCUT2D eigenvalue weighted by Crippen LogP contribution is -2.15. The molecule has 0 unspecified atom stereocenters. The molecule has 0 saturated heterocycles. The zero-order chi connectivity index (χ0) is 15.2. The van der Waals surface area contributed by atoms with Crippen molar-refractivity contribution < 1.29 is 14.3 Å². The van der Waals surface area contributed by atoms with Gasteiger partial charge in [-0.3, -0.25) is 4.79 Å². The highest BCUT2D eigenvalue weighted by Gasteiger charge is 2.10. The van der Waals surface area contributed by atoms with Crippen LogP contribution in [0.25, 0.3) is 0 Å². The molecule has 1 aromatic carbocycles. The van der Waals surface area contributed by atoms with Crippen LogP contribution in [0.3, 0.4) is 0 Å². The summed E-state index contributed by atoms with van der Waals surface area (Å²) >= 11 is 3.29. The number of amides is 1. The highest BCUT2D eigenvalue weighted by Crippen LogP contribution is 2.28. The van der Waals surface area contributed by atoms with E-state index in [2.05, 4.69) is 26.2 Å². The van der Waals surface area contributed by atoms with E-state index < -0.39 is 0 Å².